The van der Waals surface area contributed by atoms with E-state index >= 15 is 9.59 Å². The first-order valence-electron chi connectivity index (χ1n) is 24.8. The first kappa shape index (κ1) is 55.7. The van der Waals surface area contributed by atoms with Crippen molar-refractivity contribution < 1.29 is 72.2 Å². The van der Waals surface area contributed by atoms with Gasteiger partial charge in [0.15, 0.2) is 17.5 Å². The van der Waals surface area contributed by atoms with Gasteiger partial charge in [0.1, 0.15) is 30.0 Å². The average Bonchev–Trinajstić information content (AvgIpc) is 3.36. The SMILES string of the molecule is CC.CN=CCCCCC(=O)O[C@@H](C(=O)O[C@H]1C[C@@]2(O)[C@@H](OC(=O)c3ccccc3)[C@@H]3[C@]4(OC(C)=O)CO[C@@H]4C[C@H](O)[C@@]3(C)C(=O)[C@H](OC(C)=O)C(=C1C)C2(C)C)[C@@H](NC(=O)c1ccccc1)c1ccccc1. The highest BCUT2D eigenvalue weighted by Crippen LogP contribution is 2.64. The van der Waals surface area contributed by atoms with Gasteiger partial charge in [0.25, 0.3) is 5.91 Å². The third kappa shape index (κ3) is 10.9. The van der Waals surface area contributed by atoms with E-state index in [1.807, 2.05) is 13.8 Å². The molecule has 17 nitrogen and oxygen atoms in total. The van der Waals surface area contributed by atoms with Crippen LogP contribution >= 0.6 is 0 Å². The Kier molecular flexibility index (Phi) is 17.6. The van der Waals surface area contributed by atoms with Crippen molar-refractivity contribution in [3.63, 3.8) is 0 Å². The summed E-state index contributed by atoms with van der Waals surface area (Å²) in [5.41, 5.74) is -7.25. The summed E-state index contributed by atoms with van der Waals surface area (Å²) >= 11 is 0. The van der Waals surface area contributed by atoms with Gasteiger partial charge in [-0.1, -0.05) is 94.4 Å². The number of amides is 1. The molecule has 3 N–H and O–H groups in total. The number of hydrogen-bond acceptors (Lipinski definition) is 16. The third-order valence-electron chi connectivity index (χ3n) is 14.9. The third-order valence-corrected chi connectivity index (χ3v) is 14.9. The van der Waals surface area contributed by atoms with E-state index in [0.29, 0.717) is 24.8 Å². The van der Waals surface area contributed by atoms with Crippen LogP contribution in [0.3, 0.4) is 0 Å². The summed E-state index contributed by atoms with van der Waals surface area (Å²) in [5, 5.41) is 29.0. The second-order valence-electron chi connectivity index (χ2n) is 19.5. The number of nitrogens with one attached hydrogen (secondary N) is 1. The number of hydrogen-bond donors (Lipinski definition) is 3. The van der Waals surface area contributed by atoms with E-state index in [4.69, 9.17) is 28.4 Å². The van der Waals surface area contributed by atoms with Crippen molar-refractivity contribution in [1.29, 1.82) is 0 Å². The van der Waals surface area contributed by atoms with Crippen molar-refractivity contribution in [2.75, 3.05) is 13.7 Å². The number of carbonyl (C=O) groups is 7. The Morgan fingerprint density at radius 2 is 1.45 bits per heavy atom. The number of Topliss-reactive ketones (excluding diaryl/α,β-unsaturated/α-hetero) is 1. The van der Waals surface area contributed by atoms with E-state index in [2.05, 4.69) is 10.3 Å². The highest BCUT2D eigenvalue weighted by molar-refractivity contribution is 5.96. The summed E-state index contributed by atoms with van der Waals surface area (Å²) in [5.74, 6) is -7.67. The number of aliphatic imine (C=N–C) groups is 1. The van der Waals surface area contributed by atoms with Crippen LogP contribution in [0.1, 0.15) is 126 Å². The minimum Gasteiger partial charge on any atom is -0.455 e. The summed E-state index contributed by atoms with van der Waals surface area (Å²) < 4.78 is 36.9. The lowest BCUT2D eigenvalue weighted by Gasteiger charge is -2.67. The fraction of sp³-hybridized carbons (Fsp3) is 0.500. The molecule has 3 aromatic rings. The summed E-state index contributed by atoms with van der Waals surface area (Å²) in [6.07, 6.45) is -7.44. The lowest BCUT2D eigenvalue weighted by Crippen LogP contribution is -2.82. The molecular weight excluding hydrogens is 941 g/mol. The fourth-order valence-corrected chi connectivity index (χ4v) is 11.1. The van der Waals surface area contributed by atoms with Crippen LogP contribution < -0.4 is 5.32 Å². The Hall–Kier alpha value is -6.56. The van der Waals surface area contributed by atoms with Crippen LogP contribution in [-0.4, -0.2) is 119 Å². The Morgan fingerprint density at radius 1 is 0.849 bits per heavy atom. The lowest BCUT2D eigenvalue weighted by atomic mass is 9.44. The normalized spacial score (nSPS) is 28.6. The van der Waals surface area contributed by atoms with Gasteiger partial charge >= 0.3 is 29.8 Å². The highest BCUT2D eigenvalue weighted by Gasteiger charge is 2.78. The van der Waals surface area contributed by atoms with Crippen LogP contribution in [0.15, 0.2) is 107 Å². The molecule has 0 spiro atoms. The highest BCUT2D eigenvalue weighted by atomic mass is 16.6. The van der Waals surface area contributed by atoms with Crippen LogP contribution in [-0.2, 0) is 52.4 Å². The zero-order valence-electron chi connectivity index (χ0n) is 43.0. The molecule has 4 aliphatic rings. The van der Waals surface area contributed by atoms with Gasteiger partial charge in [0, 0.05) is 51.1 Å². The summed E-state index contributed by atoms with van der Waals surface area (Å²) in [7, 11) is 1.64. The summed E-state index contributed by atoms with van der Waals surface area (Å²) in [4.78, 5) is 103. The van der Waals surface area contributed by atoms with E-state index in [9.17, 15) is 34.2 Å². The predicted molar refractivity (Wildman–Crippen MR) is 266 cm³/mol. The minimum atomic E-state index is -2.44. The zero-order chi connectivity index (χ0) is 53.5. The number of fused-ring (bicyclic) bond motifs is 5. The molecule has 3 aromatic carbocycles. The molecule has 2 bridgehead atoms. The quantitative estimate of drug-likeness (QED) is 0.0452. The van der Waals surface area contributed by atoms with Crippen molar-refractivity contribution >= 4 is 47.8 Å². The molecule has 11 atom stereocenters. The van der Waals surface area contributed by atoms with Crippen LogP contribution in [0, 0.1) is 16.7 Å². The van der Waals surface area contributed by atoms with Gasteiger partial charge in [-0.2, -0.15) is 0 Å². The van der Waals surface area contributed by atoms with Gasteiger partial charge in [0.05, 0.1) is 29.6 Å². The molecule has 1 saturated heterocycles. The van der Waals surface area contributed by atoms with Crippen LogP contribution in [0.2, 0.25) is 0 Å². The molecule has 7 rings (SSSR count). The largest absolute Gasteiger partial charge is 0.455 e. The van der Waals surface area contributed by atoms with Crippen LogP contribution in [0.4, 0.5) is 0 Å². The van der Waals surface area contributed by atoms with Crippen LogP contribution in [0.25, 0.3) is 0 Å². The van der Waals surface area contributed by atoms with Crippen LogP contribution in [0.5, 0.6) is 0 Å². The first-order chi connectivity index (χ1) is 34.7. The number of aliphatic hydroxyl groups excluding tert-OH is 1. The molecule has 3 fully saturated rings. The number of carbonyl (C=O) groups excluding carboxylic acids is 7. The van der Waals surface area contributed by atoms with Crippen molar-refractivity contribution in [2.45, 2.75) is 148 Å². The number of esters is 5. The molecule has 73 heavy (non-hydrogen) atoms. The van der Waals surface area contributed by atoms with Crippen molar-refractivity contribution in [3.05, 3.63) is 119 Å². The Morgan fingerprint density at radius 3 is 2.01 bits per heavy atom. The Balaban J connectivity index is 0.00000429. The average molecular weight is 1010 g/mol. The Bertz CT molecular complexity index is 2570. The van der Waals surface area contributed by atoms with Gasteiger partial charge in [-0.05, 0) is 80.3 Å². The maximum Gasteiger partial charge on any atom is 0.350 e. The van der Waals surface area contributed by atoms with Gasteiger partial charge < -0.3 is 48.9 Å². The minimum absolute atomic E-state index is 0.0217. The molecule has 1 amide bonds. The predicted octanol–water partition coefficient (Wildman–Crippen LogP) is 6.57. The number of ketones is 1. The monoisotopic (exact) mass is 1010 g/mol. The molecular formula is C56H68N2O15. The fourth-order valence-electron chi connectivity index (χ4n) is 11.1. The van der Waals surface area contributed by atoms with Gasteiger partial charge in [-0.25, -0.2) is 9.59 Å². The number of ether oxygens (including phenoxy) is 6. The molecule has 3 aliphatic carbocycles. The molecule has 392 valence electrons. The number of rotatable bonds is 16. The zero-order valence-corrected chi connectivity index (χ0v) is 43.0. The molecule has 1 aliphatic heterocycles. The molecule has 17 heteroatoms. The Labute approximate surface area is 426 Å². The van der Waals surface area contributed by atoms with Gasteiger partial charge in [-0.15, -0.1) is 0 Å². The lowest BCUT2D eigenvalue weighted by molar-refractivity contribution is -0.346. The topological polar surface area (TPSA) is 240 Å². The molecule has 2 saturated carbocycles. The first-order valence-corrected chi connectivity index (χ1v) is 24.8. The smallest absolute Gasteiger partial charge is 0.350 e. The maximum atomic E-state index is 15.7. The van der Waals surface area contributed by atoms with E-state index in [1.165, 1.54) is 26.0 Å². The van der Waals surface area contributed by atoms with Crippen molar-refractivity contribution in [2.24, 2.45) is 21.7 Å². The molecule has 0 aromatic heterocycles. The van der Waals surface area contributed by atoms with Crippen molar-refractivity contribution in [1.82, 2.24) is 5.32 Å². The van der Waals surface area contributed by atoms with E-state index in [-0.39, 0.29) is 41.7 Å². The summed E-state index contributed by atoms with van der Waals surface area (Å²) in [6, 6.07) is 23.0. The van der Waals surface area contributed by atoms with E-state index < -0.39 is 119 Å². The second-order valence-corrected chi connectivity index (χ2v) is 19.5. The molecule has 1 heterocycles. The molecule has 0 radical (unpaired) electrons. The van der Waals surface area contributed by atoms with Gasteiger partial charge in [-0.3, -0.25) is 24.0 Å². The van der Waals surface area contributed by atoms with E-state index in [1.54, 1.807) is 106 Å². The maximum absolute atomic E-state index is 15.7. The van der Waals surface area contributed by atoms with E-state index in [0.717, 1.165) is 13.8 Å². The molecule has 0 unspecified atom stereocenters. The second kappa shape index (κ2) is 23.1. The standard InChI is InChI=1S/C54H62N2O15.C2H6/c1-31-37(68-50(64)44(69-40(60)26-18-11-19-27-55-7)42(34-20-12-8-13-21-34)56-48(62)35-22-14-9-15-23-35)29-54(65)47(70-49(63)36-24-16-10-17-25-36)45-52(6,38(59)28-39-53(45,30-66-39)71-33(3)58)46(61)43(67-32(2)57)41(31)51(54,4)5;1-2/h8-10,12-17,20-25,27,37-39,42-45,47,59,65H,11,18-19,26,28-30H2,1-7H3,(H,56,62);1-2H3/t37-,38-,39+,42-,43+,44+,45-,47-,52+,53-,54+;/m0./s1. The number of nitrogens with zero attached hydrogens (tertiary/aromatic N) is 1. The number of benzene rings is 3. The van der Waals surface area contributed by atoms with Gasteiger partial charge in [0.2, 0.25) is 6.10 Å². The number of unbranched alkanes of at least 4 members (excludes halogenated alkanes) is 2. The number of aliphatic hydroxyl groups is 2. The van der Waals surface area contributed by atoms with Crippen molar-refractivity contribution in [3.8, 4) is 0 Å². The summed E-state index contributed by atoms with van der Waals surface area (Å²) in [6.45, 7) is 12.0.